The highest BCUT2D eigenvalue weighted by molar-refractivity contribution is 9.10. The lowest BCUT2D eigenvalue weighted by atomic mass is 10.1. The van der Waals surface area contributed by atoms with Crippen LogP contribution in [-0.4, -0.2) is 12.5 Å². The molecule has 0 atom stereocenters. The van der Waals surface area contributed by atoms with E-state index in [1.165, 1.54) is 0 Å². The van der Waals surface area contributed by atoms with Crippen molar-refractivity contribution in [2.75, 3.05) is 11.9 Å². The first-order valence-corrected chi connectivity index (χ1v) is 7.61. The van der Waals surface area contributed by atoms with Gasteiger partial charge in [0.25, 0.3) is 5.91 Å². The van der Waals surface area contributed by atoms with Crippen molar-refractivity contribution >= 4 is 27.5 Å². The number of amides is 1. The van der Waals surface area contributed by atoms with Crippen molar-refractivity contribution in [2.24, 2.45) is 0 Å². The number of aryl methyl sites for hydroxylation is 2. The molecule has 0 saturated heterocycles. The zero-order valence-electron chi connectivity index (χ0n) is 12.4. The van der Waals surface area contributed by atoms with Gasteiger partial charge in [-0.2, -0.15) is 0 Å². The number of rotatable bonds is 4. The number of carbonyl (C=O) groups excluding carboxylic acids is 1. The maximum atomic E-state index is 12.4. The fourth-order valence-electron chi connectivity index (χ4n) is 2.06. The summed E-state index contributed by atoms with van der Waals surface area (Å²) < 4.78 is 6.34. The second kappa shape index (κ2) is 6.76. The molecule has 1 N–H and O–H groups in total. The summed E-state index contributed by atoms with van der Waals surface area (Å²) in [6.07, 6.45) is 0. The van der Waals surface area contributed by atoms with Crippen LogP contribution in [0.5, 0.6) is 5.75 Å². The molecule has 0 heterocycles. The number of hydrogen-bond donors (Lipinski definition) is 1. The predicted molar refractivity (Wildman–Crippen MR) is 89.2 cm³/mol. The first-order valence-electron chi connectivity index (χ1n) is 6.82. The highest BCUT2D eigenvalue weighted by atomic mass is 79.9. The SMILES string of the molecule is CCOc1ccc(NC(=O)c2cc(Br)ccc2C)c(C)c1. The Morgan fingerprint density at radius 1 is 1.14 bits per heavy atom. The summed E-state index contributed by atoms with van der Waals surface area (Å²) >= 11 is 3.39. The number of hydrogen-bond acceptors (Lipinski definition) is 2. The van der Waals surface area contributed by atoms with Gasteiger partial charge in [0, 0.05) is 15.7 Å². The van der Waals surface area contributed by atoms with Crippen LogP contribution >= 0.6 is 15.9 Å². The summed E-state index contributed by atoms with van der Waals surface area (Å²) in [5.74, 6) is 0.702. The normalized spacial score (nSPS) is 10.3. The van der Waals surface area contributed by atoms with E-state index in [0.29, 0.717) is 12.2 Å². The Kier molecular flexibility index (Phi) is 5.02. The highest BCUT2D eigenvalue weighted by Crippen LogP contribution is 2.23. The summed E-state index contributed by atoms with van der Waals surface area (Å²) in [5.41, 5.74) is 3.38. The van der Waals surface area contributed by atoms with Gasteiger partial charge in [0.1, 0.15) is 5.75 Å². The van der Waals surface area contributed by atoms with Gasteiger partial charge in [0.15, 0.2) is 0 Å². The first-order chi connectivity index (χ1) is 10.0. The summed E-state index contributed by atoms with van der Waals surface area (Å²) in [5, 5.41) is 2.95. The van der Waals surface area contributed by atoms with Gasteiger partial charge >= 0.3 is 0 Å². The predicted octanol–water partition coefficient (Wildman–Crippen LogP) is 4.72. The molecule has 0 radical (unpaired) electrons. The number of nitrogens with one attached hydrogen (secondary N) is 1. The van der Waals surface area contributed by atoms with Crippen LogP contribution in [-0.2, 0) is 0 Å². The molecule has 0 aromatic heterocycles. The molecule has 0 spiro atoms. The van der Waals surface area contributed by atoms with Crippen LogP contribution in [0.1, 0.15) is 28.4 Å². The number of anilines is 1. The van der Waals surface area contributed by atoms with Crippen molar-refractivity contribution in [3.63, 3.8) is 0 Å². The second-order valence-corrected chi connectivity index (χ2v) is 5.74. The standard InChI is InChI=1S/C17H18BrNO2/c1-4-21-14-7-8-16(12(3)9-14)19-17(20)15-10-13(18)6-5-11(15)2/h5-10H,4H2,1-3H3,(H,19,20). The summed E-state index contributed by atoms with van der Waals surface area (Å²) in [4.78, 5) is 12.4. The Bertz CT molecular complexity index is 668. The van der Waals surface area contributed by atoms with Gasteiger partial charge in [-0.25, -0.2) is 0 Å². The molecular weight excluding hydrogens is 330 g/mol. The molecular formula is C17H18BrNO2. The monoisotopic (exact) mass is 347 g/mol. The van der Waals surface area contributed by atoms with E-state index in [1.54, 1.807) is 0 Å². The van der Waals surface area contributed by atoms with Gasteiger partial charge in [0.05, 0.1) is 6.61 Å². The quantitative estimate of drug-likeness (QED) is 0.868. The lowest BCUT2D eigenvalue weighted by molar-refractivity contribution is 0.102. The van der Waals surface area contributed by atoms with E-state index in [2.05, 4.69) is 21.2 Å². The fourth-order valence-corrected chi connectivity index (χ4v) is 2.42. The van der Waals surface area contributed by atoms with E-state index < -0.39 is 0 Å². The minimum Gasteiger partial charge on any atom is -0.494 e. The first kappa shape index (κ1) is 15.6. The van der Waals surface area contributed by atoms with Crippen LogP contribution in [0, 0.1) is 13.8 Å². The third-order valence-corrected chi connectivity index (χ3v) is 3.69. The van der Waals surface area contributed by atoms with Crippen molar-refractivity contribution in [2.45, 2.75) is 20.8 Å². The van der Waals surface area contributed by atoms with Crippen LogP contribution < -0.4 is 10.1 Å². The number of halogens is 1. The van der Waals surface area contributed by atoms with Crippen LogP contribution in [0.25, 0.3) is 0 Å². The Morgan fingerprint density at radius 2 is 1.90 bits per heavy atom. The maximum Gasteiger partial charge on any atom is 0.255 e. The Hall–Kier alpha value is -1.81. The van der Waals surface area contributed by atoms with E-state index in [0.717, 1.165) is 27.0 Å². The summed E-state index contributed by atoms with van der Waals surface area (Å²) in [7, 11) is 0. The number of carbonyl (C=O) groups is 1. The van der Waals surface area contributed by atoms with Gasteiger partial charge in [0.2, 0.25) is 0 Å². The average molecular weight is 348 g/mol. The van der Waals surface area contributed by atoms with Crippen LogP contribution in [0.2, 0.25) is 0 Å². The van der Waals surface area contributed by atoms with Crippen molar-refractivity contribution in [3.05, 3.63) is 57.6 Å². The number of ether oxygens (including phenoxy) is 1. The van der Waals surface area contributed by atoms with Gasteiger partial charge in [-0.3, -0.25) is 4.79 Å². The zero-order chi connectivity index (χ0) is 15.4. The Balaban J connectivity index is 2.21. The van der Waals surface area contributed by atoms with Gasteiger partial charge in [-0.1, -0.05) is 22.0 Å². The highest BCUT2D eigenvalue weighted by Gasteiger charge is 2.11. The molecule has 2 aromatic carbocycles. The second-order valence-electron chi connectivity index (χ2n) is 4.82. The molecule has 3 nitrogen and oxygen atoms in total. The minimum absolute atomic E-state index is 0.110. The largest absolute Gasteiger partial charge is 0.494 e. The van der Waals surface area contributed by atoms with Crippen LogP contribution in [0.3, 0.4) is 0 Å². The summed E-state index contributed by atoms with van der Waals surface area (Å²) in [6, 6.07) is 11.3. The van der Waals surface area contributed by atoms with E-state index >= 15 is 0 Å². The van der Waals surface area contributed by atoms with E-state index in [-0.39, 0.29) is 5.91 Å². The number of benzene rings is 2. The Morgan fingerprint density at radius 3 is 2.57 bits per heavy atom. The molecule has 0 fully saturated rings. The van der Waals surface area contributed by atoms with Crippen molar-refractivity contribution < 1.29 is 9.53 Å². The molecule has 4 heteroatoms. The van der Waals surface area contributed by atoms with E-state index in [1.807, 2.05) is 57.2 Å². The lowest BCUT2D eigenvalue weighted by Gasteiger charge is -2.12. The third-order valence-electron chi connectivity index (χ3n) is 3.20. The molecule has 2 aromatic rings. The maximum absolute atomic E-state index is 12.4. The van der Waals surface area contributed by atoms with Gasteiger partial charge < -0.3 is 10.1 Å². The van der Waals surface area contributed by atoms with Crippen molar-refractivity contribution in [1.29, 1.82) is 0 Å². The molecule has 0 bridgehead atoms. The smallest absolute Gasteiger partial charge is 0.255 e. The van der Waals surface area contributed by atoms with E-state index in [4.69, 9.17) is 4.74 Å². The molecule has 0 aliphatic carbocycles. The minimum atomic E-state index is -0.110. The zero-order valence-corrected chi connectivity index (χ0v) is 14.0. The van der Waals surface area contributed by atoms with Crippen LogP contribution in [0.4, 0.5) is 5.69 Å². The fraction of sp³-hybridized carbons (Fsp3) is 0.235. The molecule has 21 heavy (non-hydrogen) atoms. The molecule has 0 unspecified atom stereocenters. The molecule has 0 aliphatic heterocycles. The summed E-state index contributed by atoms with van der Waals surface area (Å²) in [6.45, 7) is 6.45. The van der Waals surface area contributed by atoms with Crippen LogP contribution in [0.15, 0.2) is 40.9 Å². The van der Waals surface area contributed by atoms with Crippen molar-refractivity contribution in [3.8, 4) is 5.75 Å². The molecule has 110 valence electrons. The lowest BCUT2D eigenvalue weighted by Crippen LogP contribution is -2.14. The van der Waals surface area contributed by atoms with Crippen molar-refractivity contribution in [1.82, 2.24) is 0 Å². The molecule has 2 rings (SSSR count). The van der Waals surface area contributed by atoms with Gasteiger partial charge in [-0.15, -0.1) is 0 Å². The molecule has 1 amide bonds. The molecule has 0 saturated carbocycles. The van der Waals surface area contributed by atoms with E-state index in [9.17, 15) is 4.79 Å². The molecule has 0 aliphatic rings. The topological polar surface area (TPSA) is 38.3 Å². The Labute approximate surface area is 133 Å². The third kappa shape index (κ3) is 3.85. The van der Waals surface area contributed by atoms with Gasteiger partial charge in [-0.05, 0) is 62.2 Å². The average Bonchev–Trinajstić information content (AvgIpc) is 2.44.